The average molecular weight is 370 g/mol. The molecule has 27 heavy (non-hydrogen) atoms. The minimum Gasteiger partial charge on any atom is -0.384 e. The van der Waals surface area contributed by atoms with E-state index in [-0.39, 0.29) is 24.6 Å². The molecule has 0 aromatic carbocycles. The third-order valence-electron chi connectivity index (χ3n) is 4.86. The largest absolute Gasteiger partial charge is 0.384 e. The maximum absolute atomic E-state index is 13.2. The van der Waals surface area contributed by atoms with Crippen molar-refractivity contribution in [3.8, 4) is 24.0 Å². The van der Waals surface area contributed by atoms with E-state index in [9.17, 15) is 15.3 Å². The van der Waals surface area contributed by atoms with Gasteiger partial charge in [-0.05, 0) is 6.92 Å². The van der Waals surface area contributed by atoms with Crippen LogP contribution < -0.4 is 16.4 Å². The number of nitrogens with two attached hydrogens (primary N) is 1. The smallest absolute Gasteiger partial charge is 0.275 e. The van der Waals surface area contributed by atoms with Gasteiger partial charge in [0.25, 0.3) is 5.91 Å². The van der Waals surface area contributed by atoms with Crippen LogP contribution in [0.1, 0.15) is 19.8 Å². The van der Waals surface area contributed by atoms with Gasteiger partial charge < -0.3 is 26.2 Å². The van der Waals surface area contributed by atoms with Crippen molar-refractivity contribution in [1.82, 2.24) is 25.3 Å². The second-order valence-electron chi connectivity index (χ2n) is 6.59. The molecule has 0 aliphatic carbocycles. The van der Waals surface area contributed by atoms with Crippen LogP contribution in [-0.4, -0.2) is 72.7 Å². The lowest BCUT2D eigenvalue weighted by atomic mass is 9.98. The van der Waals surface area contributed by atoms with Gasteiger partial charge in [-0.2, -0.15) is 10.5 Å². The number of rotatable bonds is 6. The standard InChI is InChI=1S/C18H26N8O/c1-3-4-11-26(14-25-12-9-22-10-13-25)15-16(21)23-18(5-7-19,6-8-20)24(2)17(15)27/h22-23H,5-6,9-14,21H2,1-2H3. The zero-order valence-corrected chi connectivity index (χ0v) is 15.9. The Balaban J connectivity index is 2.35. The molecule has 9 heteroatoms. The number of carbonyl (C=O) groups is 1. The number of nitrogens with zero attached hydrogens (tertiary/aromatic N) is 5. The topological polar surface area (TPSA) is 124 Å². The number of carbonyl (C=O) groups excluding carboxylic acids is 1. The molecule has 2 heterocycles. The van der Waals surface area contributed by atoms with Gasteiger partial charge in [-0.25, -0.2) is 0 Å². The molecule has 0 aromatic heterocycles. The molecule has 2 aliphatic heterocycles. The molecule has 0 spiro atoms. The van der Waals surface area contributed by atoms with E-state index in [4.69, 9.17) is 5.73 Å². The van der Waals surface area contributed by atoms with E-state index in [0.29, 0.717) is 18.9 Å². The molecule has 0 unspecified atom stereocenters. The van der Waals surface area contributed by atoms with Gasteiger partial charge in [-0.1, -0.05) is 5.92 Å². The maximum Gasteiger partial charge on any atom is 0.275 e. The lowest BCUT2D eigenvalue weighted by Gasteiger charge is -2.46. The Morgan fingerprint density at radius 1 is 1.26 bits per heavy atom. The fraction of sp³-hybridized carbons (Fsp3) is 0.611. The quantitative estimate of drug-likeness (QED) is 0.503. The normalized spacial score (nSPS) is 19.4. The fourth-order valence-corrected chi connectivity index (χ4v) is 3.29. The van der Waals surface area contributed by atoms with E-state index in [1.165, 1.54) is 4.90 Å². The highest BCUT2D eigenvalue weighted by atomic mass is 16.2. The second-order valence-corrected chi connectivity index (χ2v) is 6.59. The summed E-state index contributed by atoms with van der Waals surface area (Å²) in [4.78, 5) is 18.7. The van der Waals surface area contributed by atoms with E-state index in [2.05, 4.69) is 27.4 Å². The summed E-state index contributed by atoms with van der Waals surface area (Å²) in [6.07, 6.45) is -0.0767. The van der Waals surface area contributed by atoms with Crippen molar-refractivity contribution in [3.63, 3.8) is 0 Å². The predicted molar refractivity (Wildman–Crippen MR) is 99.8 cm³/mol. The molecule has 0 radical (unpaired) electrons. The van der Waals surface area contributed by atoms with Crippen molar-refractivity contribution in [2.24, 2.45) is 5.73 Å². The van der Waals surface area contributed by atoms with E-state index in [0.717, 1.165) is 26.2 Å². The predicted octanol–water partition coefficient (Wildman–Crippen LogP) is -1.11. The Morgan fingerprint density at radius 3 is 2.44 bits per heavy atom. The van der Waals surface area contributed by atoms with E-state index < -0.39 is 5.66 Å². The molecular formula is C18H26N8O. The minimum atomic E-state index is -1.12. The molecule has 0 bridgehead atoms. The van der Waals surface area contributed by atoms with Gasteiger partial charge in [0.15, 0.2) is 0 Å². The monoisotopic (exact) mass is 370 g/mol. The van der Waals surface area contributed by atoms with Crippen molar-refractivity contribution in [2.75, 3.05) is 46.4 Å². The molecule has 1 fully saturated rings. The highest BCUT2D eigenvalue weighted by Gasteiger charge is 2.45. The average Bonchev–Trinajstić information content (AvgIpc) is 2.65. The number of amides is 1. The maximum atomic E-state index is 13.2. The van der Waals surface area contributed by atoms with Crippen LogP contribution in [0.25, 0.3) is 0 Å². The lowest BCUT2D eigenvalue weighted by Crippen LogP contribution is -2.65. The summed E-state index contributed by atoms with van der Waals surface area (Å²) < 4.78 is 0. The number of nitrogens with one attached hydrogen (secondary N) is 2. The fourth-order valence-electron chi connectivity index (χ4n) is 3.29. The van der Waals surface area contributed by atoms with E-state index >= 15 is 0 Å². The molecule has 0 saturated carbocycles. The van der Waals surface area contributed by atoms with Crippen LogP contribution in [0.3, 0.4) is 0 Å². The molecule has 0 aromatic rings. The SMILES string of the molecule is CC#CCN(CN1CCNCC1)C1=C(N)NC(CC#N)(CC#N)N(C)C1=O. The summed E-state index contributed by atoms with van der Waals surface area (Å²) >= 11 is 0. The Hall–Kier alpha value is -2.93. The van der Waals surface area contributed by atoms with Crippen LogP contribution in [0.4, 0.5) is 0 Å². The zero-order valence-electron chi connectivity index (χ0n) is 15.9. The van der Waals surface area contributed by atoms with Gasteiger partial charge in [0.1, 0.15) is 17.2 Å². The first-order valence-corrected chi connectivity index (χ1v) is 8.86. The summed E-state index contributed by atoms with van der Waals surface area (Å²) in [6.45, 7) is 6.15. The summed E-state index contributed by atoms with van der Waals surface area (Å²) in [5, 5.41) is 24.7. The van der Waals surface area contributed by atoms with Gasteiger partial charge >= 0.3 is 0 Å². The first kappa shape index (κ1) is 20.4. The molecule has 2 aliphatic rings. The van der Waals surface area contributed by atoms with Gasteiger partial charge in [-0.3, -0.25) is 9.69 Å². The Morgan fingerprint density at radius 2 is 1.89 bits per heavy atom. The van der Waals surface area contributed by atoms with E-state index in [1.54, 1.807) is 14.0 Å². The first-order valence-electron chi connectivity index (χ1n) is 8.86. The number of hydrogen-bond acceptors (Lipinski definition) is 8. The summed E-state index contributed by atoms with van der Waals surface area (Å²) in [5.41, 5.74) is 5.43. The first-order chi connectivity index (χ1) is 13.0. The molecule has 4 N–H and O–H groups in total. The molecule has 1 saturated heterocycles. The number of nitriles is 2. The Labute approximate surface area is 160 Å². The molecule has 0 atom stereocenters. The summed E-state index contributed by atoms with van der Waals surface area (Å²) in [5.74, 6) is 5.72. The zero-order chi connectivity index (χ0) is 19.9. The Bertz CT molecular complexity index is 713. The Kier molecular flexibility index (Phi) is 6.90. The van der Waals surface area contributed by atoms with Crippen molar-refractivity contribution < 1.29 is 4.79 Å². The molecule has 1 amide bonds. The van der Waals surface area contributed by atoms with Crippen molar-refractivity contribution in [1.29, 1.82) is 10.5 Å². The lowest BCUT2D eigenvalue weighted by molar-refractivity contribution is -0.136. The third-order valence-corrected chi connectivity index (χ3v) is 4.86. The molecule has 144 valence electrons. The van der Waals surface area contributed by atoms with Crippen LogP contribution in [0.15, 0.2) is 11.5 Å². The van der Waals surface area contributed by atoms with Gasteiger partial charge in [0, 0.05) is 33.2 Å². The summed E-state index contributed by atoms with van der Waals surface area (Å²) in [6, 6.07) is 4.08. The van der Waals surface area contributed by atoms with Crippen molar-refractivity contribution in [3.05, 3.63) is 11.5 Å². The molecule has 9 nitrogen and oxygen atoms in total. The second kappa shape index (κ2) is 9.14. The molecular weight excluding hydrogens is 344 g/mol. The van der Waals surface area contributed by atoms with E-state index in [1.807, 2.05) is 17.0 Å². The van der Waals surface area contributed by atoms with Crippen LogP contribution in [0, 0.1) is 34.5 Å². The summed E-state index contributed by atoms with van der Waals surface area (Å²) in [7, 11) is 1.59. The highest BCUT2D eigenvalue weighted by molar-refractivity contribution is 5.95. The van der Waals surface area contributed by atoms with Crippen molar-refractivity contribution in [2.45, 2.75) is 25.4 Å². The third kappa shape index (κ3) is 4.43. The van der Waals surface area contributed by atoms with Crippen LogP contribution >= 0.6 is 0 Å². The minimum absolute atomic E-state index is 0.0384. The van der Waals surface area contributed by atoms with Crippen LogP contribution in [0.2, 0.25) is 0 Å². The number of hydrogen-bond donors (Lipinski definition) is 3. The van der Waals surface area contributed by atoms with Gasteiger partial charge in [0.05, 0.1) is 38.2 Å². The molecule has 2 rings (SSSR count). The highest BCUT2D eigenvalue weighted by Crippen LogP contribution is 2.28. The van der Waals surface area contributed by atoms with Gasteiger partial charge in [0.2, 0.25) is 0 Å². The number of likely N-dealkylation sites (N-methyl/N-ethyl adjacent to an activating group) is 1. The van der Waals surface area contributed by atoms with Crippen LogP contribution in [-0.2, 0) is 4.79 Å². The number of piperazine rings is 1. The van der Waals surface area contributed by atoms with Crippen molar-refractivity contribution >= 4 is 5.91 Å². The van der Waals surface area contributed by atoms with Gasteiger partial charge in [-0.15, -0.1) is 5.92 Å². The van der Waals surface area contributed by atoms with Crippen LogP contribution in [0.5, 0.6) is 0 Å².